The van der Waals surface area contributed by atoms with E-state index in [-0.39, 0.29) is 12.2 Å². The maximum Gasteiger partial charge on any atom is 0.338 e. The first-order chi connectivity index (χ1) is 18.4. The third-order valence-electron chi connectivity index (χ3n) is 6.24. The van der Waals surface area contributed by atoms with Crippen LogP contribution in [0.15, 0.2) is 61.9 Å². The molecule has 0 saturated heterocycles. The molecule has 0 aliphatic carbocycles. The van der Waals surface area contributed by atoms with Crippen molar-refractivity contribution in [3.05, 3.63) is 83.0 Å². The Balaban J connectivity index is 1.75. The summed E-state index contributed by atoms with van der Waals surface area (Å²) < 4.78 is 25.3. The molecule has 1 aromatic heterocycles. The number of rotatable bonds is 7. The molecule has 3 heterocycles. The van der Waals surface area contributed by atoms with Gasteiger partial charge < -0.3 is 18.9 Å². The van der Waals surface area contributed by atoms with Crippen molar-refractivity contribution in [1.82, 2.24) is 4.57 Å². The van der Waals surface area contributed by atoms with Crippen molar-refractivity contribution in [3.63, 3.8) is 0 Å². The minimum absolute atomic E-state index is 0.207. The molecule has 0 bridgehead atoms. The van der Waals surface area contributed by atoms with Gasteiger partial charge in [0.1, 0.15) is 25.0 Å². The number of esters is 1. The minimum atomic E-state index is -0.762. The number of aromatic nitrogens is 1. The van der Waals surface area contributed by atoms with Crippen LogP contribution >= 0.6 is 27.3 Å². The summed E-state index contributed by atoms with van der Waals surface area (Å²) in [7, 11) is 1.57. The molecule has 0 spiro atoms. The Morgan fingerprint density at radius 1 is 1.18 bits per heavy atom. The average molecular weight is 600 g/mol. The monoisotopic (exact) mass is 598 g/mol. The number of halogens is 1. The molecule has 0 unspecified atom stereocenters. The normalized spacial score (nSPS) is 16.6. The van der Waals surface area contributed by atoms with E-state index >= 15 is 0 Å². The van der Waals surface area contributed by atoms with Gasteiger partial charge in [-0.05, 0) is 55.3 Å². The zero-order valence-corrected chi connectivity index (χ0v) is 23.7. The van der Waals surface area contributed by atoms with Gasteiger partial charge in [-0.25, -0.2) is 9.79 Å². The first-order valence-electron chi connectivity index (χ1n) is 12.4. The molecule has 5 rings (SSSR count). The lowest BCUT2D eigenvalue weighted by molar-refractivity contribution is -0.139. The number of methoxy groups -OCH3 is 1. The fraction of sp³-hybridized carbons (Fsp3) is 0.321. The van der Waals surface area contributed by atoms with Gasteiger partial charge in [-0.15, -0.1) is 0 Å². The first kappa shape index (κ1) is 26.2. The number of carbonyl (C=O) groups excluding carboxylic acids is 1. The minimum Gasteiger partial charge on any atom is -0.496 e. The molecule has 8 nitrogen and oxygen atoms in total. The Morgan fingerprint density at radius 3 is 2.71 bits per heavy atom. The molecule has 0 fully saturated rings. The van der Waals surface area contributed by atoms with Crippen LogP contribution in [0.5, 0.6) is 17.2 Å². The molecule has 0 amide bonds. The lowest BCUT2D eigenvalue weighted by atomic mass is 9.93. The van der Waals surface area contributed by atoms with Crippen molar-refractivity contribution < 1.29 is 23.7 Å². The van der Waals surface area contributed by atoms with Gasteiger partial charge in [0.05, 0.1) is 29.5 Å². The average Bonchev–Trinajstić information content (AvgIpc) is 3.22. The van der Waals surface area contributed by atoms with Crippen LogP contribution in [-0.4, -0.2) is 37.5 Å². The van der Waals surface area contributed by atoms with Crippen LogP contribution in [0.1, 0.15) is 43.9 Å². The number of benzene rings is 2. The van der Waals surface area contributed by atoms with Crippen molar-refractivity contribution in [2.45, 2.75) is 32.7 Å². The zero-order valence-electron chi connectivity index (χ0n) is 21.3. The van der Waals surface area contributed by atoms with Gasteiger partial charge in [-0.1, -0.05) is 46.7 Å². The van der Waals surface area contributed by atoms with Crippen molar-refractivity contribution >= 4 is 39.3 Å². The van der Waals surface area contributed by atoms with Crippen molar-refractivity contribution in [3.8, 4) is 17.2 Å². The quantitative estimate of drug-likeness (QED) is 0.380. The Labute approximate surface area is 232 Å². The van der Waals surface area contributed by atoms with Crippen LogP contribution in [0.25, 0.3) is 6.08 Å². The number of nitrogens with zero attached hydrogens (tertiary/aromatic N) is 2. The maximum absolute atomic E-state index is 14.0. The number of hydrogen-bond donors (Lipinski definition) is 0. The predicted octanol–water partition coefficient (Wildman–Crippen LogP) is 4.12. The van der Waals surface area contributed by atoms with E-state index in [9.17, 15) is 9.59 Å². The van der Waals surface area contributed by atoms with Crippen LogP contribution in [-0.2, 0) is 9.53 Å². The SMILES string of the molecule is CCCC1=C(C(=O)OCC)[C@@H](c2cc(Br)ccc2OC)n2c(s/c(=C/c3ccc4c(c3)OCCO4)c2=O)=N1. The molecule has 2 aromatic carbocycles. The highest BCUT2D eigenvalue weighted by molar-refractivity contribution is 9.10. The summed E-state index contributed by atoms with van der Waals surface area (Å²) in [5.41, 5.74) is 2.18. The standard InChI is InChI=1S/C28H27BrN2O6S/c1-4-6-19-24(27(33)35-5-2)25(18-15-17(29)8-10-20(18)34-3)31-26(32)23(38-28(31)30-19)14-16-7-9-21-22(13-16)37-12-11-36-21/h7-10,13-15,25H,4-6,11-12H2,1-3H3/b23-14+/t25-/m1/s1. The van der Waals surface area contributed by atoms with E-state index < -0.39 is 12.0 Å². The summed E-state index contributed by atoms with van der Waals surface area (Å²) in [5.74, 6) is 1.39. The van der Waals surface area contributed by atoms with Crippen LogP contribution in [0.2, 0.25) is 0 Å². The highest BCUT2D eigenvalue weighted by Crippen LogP contribution is 2.38. The number of hydrogen-bond acceptors (Lipinski definition) is 8. The smallest absolute Gasteiger partial charge is 0.338 e. The van der Waals surface area contributed by atoms with Gasteiger partial charge in [0.25, 0.3) is 5.56 Å². The van der Waals surface area contributed by atoms with Gasteiger partial charge in [-0.2, -0.15) is 0 Å². The number of allylic oxidation sites excluding steroid dienone is 1. The van der Waals surface area contributed by atoms with Gasteiger partial charge >= 0.3 is 5.97 Å². The second kappa shape index (κ2) is 11.2. The summed E-state index contributed by atoms with van der Waals surface area (Å²) in [6.45, 7) is 4.97. The third-order valence-corrected chi connectivity index (χ3v) is 7.72. The molecule has 2 aliphatic heterocycles. The molecular weight excluding hydrogens is 572 g/mol. The number of carbonyl (C=O) groups is 1. The topological polar surface area (TPSA) is 88.4 Å². The fourth-order valence-electron chi connectivity index (χ4n) is 4.64. The van der Waals surface area contributed by atoms with E-state index in [0.29, 0.717) is 63.1 Å². The van der Waals surface area contributed by atoms with E-state index in [0.717, 1.165) is 16.5 Å². The van der Waals surface area contributed by atoms with Crippen LogP contribution in [0, 0.1) is 0 Å². The summed E-state index contributed by atoms with van der Waals surface area (Å²) in [5, 5.41) is 0. The molecule has 0 saturated carbocycles. The lowest BCUT2D eigenvalue weighted by Gasteiger charge is -2.27. The van der Waals surface area contributed by atoms with Gasteiger partial charge in [0.15, 0.2) is 16.3 Å². The summed E-state index contributed by atoms with van der Waals surface area (Å²) >= 11 is 4.82. The van der Waals surface area contributed by atoms with Gasteiger partial charge in [0, 0.05) is 10.0 Å². The van der Waals surface area contributed by atoms with E-state index in [1.807, 2.05) is 49.4 Å². The molecule has 0 N–H and O–H groups in total. The first-order valence-corrected chi connectivity index (χ1v) is 14.0. The van der Waals surface area contributed by atoms with Crippen molar-refractivity contribution in [1.29, 1.82) is 0 Å². The Hall–Kier alpha value is -3.37. The zero-order chi connectivity index (χ0) is 26.8. The van der Waals surface area contributed by atoms with Crippen LogP contribution in [0.3, 0.4) is 0 Å². The summed E-state index contributed by atoms with van der Waals surface area (Å²) in [6.07, 6.45) is 3.15. The summed E-state index contributed by atoms with van der Waals surface area (Å²) in [4.78, 5) is 32.7. The molecule has 2 aliphatic rings. The fourth-order valence-corrected chi connectivity index (χ4v) is 6.03. The number of ether oxygens (including phenoxy) is 4. The molecule has 198 valence electrons. The summed E-state index contributed by atoms with van der Waals surface area (Å²) in [6, 6.07) is 10.4. The largest absolute Gasteiger partial charge is 0.496 e. The van der Waals surface area contributed by atoms with E-state index in [1.165, 1.54) is 11.3 Å². The van der Waals surface area contributed by atoms with E-state index in [4.69, 9.17) is 23.9 Å². The Morgan fingerprint density at radius 2 is 1.97 bits per heavy atom. The van der Waals surface area contributed by atoms with E-state index in [1.54, 1.807) is 18.6 Å². The Kier molecular flexibility index (Phi) is 7.71. The molecule has 38 heavy (non-hydrogen) atoms. The van der Waals surface area contributed by atoms with Gasteiger partial charge in [0.2, 0.25) is 0 Å². The third kappa shape index (κ3) is 4.90. The highest BCUT2D eigenvalue weighted by atomic mass is 79.9. The Bertz CT molecular complexity index is 1610. The molecular formula is C28H27BrN2O6S. The molecule has 10 heteroatoms. The second-order valence-electron chi connectivity index (χ2n) is 8.70. The second-order valence-corrected chi connectivity index (χ2v) is 10.6. The van der Waals surface area contributed by atoms with Crippen molar-refractivity contribution in [2.75, 3.05) is 26.9 Å². The molecule has 0 radical (unpaired) electrons. The van der Waals surface area contributed by atoms with Gasteiger partial charge in [-0.3, -0.25) is 9.36 Å². The molecule has 3 aromatic rings. The maximum atomic E-state index is 14.0. The lowest BCUT2D eigenvalue weighted by Crippen LogP contribution is -2.40. The predicted molar refractivity (Wildman–Crippen MR) is 148 cm³/mol. The highest BCUT2D eigenvalue weighted by Gasteiger charge is 2.36. The van der Waals surface area contributed by atoms with Crippen LogP contribution < -0.4 is 29.1 Å². The van der Waals surface area contributed by atoms with Crippen molar-refractivity contribution in [2.24, 2.45) is 4.99 Å². The van der Waals surface area contributed by atoms with E-state index in [2.05, 4.69) is 15.9 Å². The molecule has 1 atom stereocenters. The number of thiazole rings is 1. The number of fused-ring (bicyclic) bond motifs is 2. The van der Waals surface area contributed by atoms with Crippen LogP contribution in [0.4, 0.5) is 0 Å².